The Balaban J connectivity index is 2.15. The molecule has 2 aromatic rings. The van der Waals surface area contributed by atoms with Crippen LogP contribution in [0.1, 0.15) is 31.9 Å². The van der Waals surface area contributed by atoms with Crippen LogP contribution in [-0.2, 0) is 14.9 Å². The van der Waals surface area contributed by atoms with E-state index in [0.717, 1.165) is 11.1 Å². The minimum absolute atomic E-state index is 0.275. The molecule has 0 aliphatic carbocycles. The van der Waals surface area contributed by atoms with Crippen LogP contribution in [0.25, 0.3) is 0 Å². The van der Waals surface area contributed by atoms with Gasteiger partial charge in [0.25, 0.3) is 0 Å². The summed E-state index contributed by atoms with van der Waals surface area (Å²) in [6.07, 6.45) is -1.12. The van der Waals surface area contributed by atoms with Crippen molar-refractivity contribution in [3.05, 3.63) is 59.7 Å². The van der Waals surface area contributed by atoms with E-state index < -0.39 is 12.3 Å². The maximum absolute atomic E-state index is 12.2. The Bertz CT molecular complexity index is 669. The van der Waals surface area contributed by atoms with E-state index in [9.17, 15) is 4.79 Å². The zero-order valence-corrected chi connectivity index (χ0v) is 13.5. The van der Waals surface area contributed by atoms with Crippen molar-refractivity contribution in [3.63, 3.8) is 0 Å². The second kappa shape index (κ2) is 5.95. The average molecular weight is 312 g/mol. The minimum Gasteiger partial charge on any atom is -0.460 e. The monoisotopic (exact) mass is 312 g/mol. The molecule has 4 heteroatoms. The van der Waals surface area contributed by atoms with E-state index in [1.165, 1.54) is 0 Å². The van der Waals surface area contributed by atoms with Gasteiger partial charge < -0.3 is 14.2 Å². The van der Waals surface area contributed by atoms with Crippen LogP contribution in [0.4, 0.5) is 0 Å². The fourth-order valence-corrected chi connectivity index (χ4v) is 2.88. The zero-order chi connectivity index (χ0) is 16.4. The van der Waals surface area contributed by atoms with Crippen molar-refractivity contribution >= 4 is 5.97 Å². The van der Waals surface area contributed by atoms with Gasteiger partial charge in [-0.05, 0) is 19.1 Å². The predicted molar refractivity (Wildman–Crippen MR) is 86.7 cm³/mol. The van der Waals surface area contributed by atoms with E-state index in [4.69, 9.17) is 14.2 Å². The predicted octanol–water partition coefficient (Wildman–Crippen LogP) is 3.67. The first kappa shape index (κ1) is 15.4. The summed E-state index contributed by atoms with van der Waals surface area (Å²) in [7, 11) is 0. The summed E-state index contributed by atoms with van der Waals surface area (Å²) in [6, 6.07) is 15.4. The van der Waals surface area contributed by atoms with E-state index in [0.29, 0.717) is 11.5 Å². The fourth-order valence-electron chi connectivity index (χ4n) is 2.88. The molecule has 0 fully saturated rings. The van der Waals surface area contributed by atoms with Crippen LogP contribution in [0, 0.1) is 0 Å². The van der Waals surface area contributed by atoms with Crippen LogP contribution < -0.4 is 9.47 Å². The number of hydrogen-bond acceptors (Lipinski definition) is 4. The molecule has 0 aromatic heterocycles. The zero-order valence-electron chi connectivity index (χ0n) is 13.5. The van der Waals surface area contributed by atoms with Gasteiger partial charge in [0, 0.05) is 16.5 Å². The minimum atomic E-state index is -1.12. The summed E-state index contributed by atoms with van der Waals surface area (Å²) in [6.45, 7) is 6.26. The van der Waals surface area contributed by atoms with Gasteiger partial charge in [0.15, 0.2) is 0 Å². The standard InChI is InChI=1S/C19H20O4/c1-4-21-17(20)18-22-15-11-7-5-9-13(15)19(2,3)14-10-6-8-12-16(14)23-18/h5-12,18H,4H2,1-3H3. The summed E-state index contributed by atoms with van der Waals surface area (Å²) in [4.78, 5) is 12.2. The molecule has 1 aliphatic rings. The maximum atomic E-state index is 12.2. The van der Waals surface area contributed by atoms with Gasteiger partial charge >= 0.3 is 12.3 Å². The molecule has 3 rings (SSSR count). The number of hydrogen-bond donors (Lipinski definition) is 0. The van der Waals surface area contributed by atoms with Gasteiger partial charge in [0.05, 0.1) is 6.61 Å². The Labute approximate surface area is 136 Å². The lowest BCUT2D eigenvalue weighted by atomic mass is 9.77. The lowest BCUT2D eigenvalue weighted by molar-refractivity contribution is -0.165. The Kier molecular flexibility index (Phi) is 3.99. The molecule has 0 atom stereocenters. The third kappa shape index (κ3) is 2.77. The number of carbonyl (C=O) groups is 1. The molecule has 0 saturated heterocycles. The highest BCUT2D eigenvalue weighted by atomic mass is 16.7. The largest absolute Gasteiger partial charge is 0.460 e. The van der Waals surface area contributed by atoms with Crippen molar-refractivity contribution < 1.29 is 19.0 Å². The summed E-state index contributed by atoms with van der Waals surface area (Å²) in [5.41, 5.74) is 1.70. The summed E-state index contributed by atoms with van der Waals surface area (Å²) in [5, 5.41) is 0. The molecular formula is C19H20O4. The molecule has 4 nitrogen and oxygen atoms in total. The van der Waals surface area contributed by atoms with Gasteiger partial charge in [-0.3, -0.25) is 0 Å². The van der Waals surface area contributed by atoms with Crippen molar-refractivity contribution in [3.8, 4) is 11.5 Å². The van der Waals surface area contributed by atoms with Crippen LogP contribution in [0.2, 0.25) is 0 Å². The van der Waals surface area contributed by atoms with Crippen LogP contribution in [0.5, 0.6) is 11.5 Å². The van der Waals surface area contributed by atoms with Crippen LogP contribution in [0.3, 0.4) is 0 Å². The normalized spacial score (nSPS) is 16.0. The van der Waals surface area contributed by atoms with Crippen molar-refractivity contribution in [2.75, 3.05) is 6.61 Å². The van der Waals surface area contributed by atoms with E-state index in [2.05, 4.69) is 13.8 Å². The van der Waals surface area contributed by atoms with Crippen molar-refractivity contribution in [1.29, 1.82) is 0 Å². The van der Waals surface area contributed by atoms with Crippen molar-refractivity contribution in [2.24, 2.45) is 0 Å². The van der Waals surface area contributed by atoms with Crippen molar-refractivity contribution in [2.45, 2.75) is 32.5 Å². The van der Waals surface area contributed by atoms with E-state index in [-0.39, 0.29) is 12.0 Å². The molecule has 0 amide bonds. The van der Waals surface area contributed by atoms with Gasteiger partial charge in [0.1, 0.15) is 11.5 Å². The second-order valence-electron chi connectivity index (χ2n) is 5.94. The van der Waals surface area contributed by atoms with Crippen molar-refractivity contribution in [1.82, 2.24) is 0 Å². The molecule has 0 N–H and O–H groups in total. The van der Waals surface area contributed by atoms with Gasteiger partial charge in [-0.2, -0.15) is 0 Å². The van der Waals surface area contributed by atoms with Gasteiger partial charge in [0.2, 0.25) is 0 Å². The maximum Gasteiger partial charge on any atom is 0.389 e. The molecule has 0 radical (unpaired) electrons. The fraction of sp³-hybridized carbons (Fsp3) is 0.316. The van der Waals surface area contributed by atoms with Crippen LogP contribution in [0.15, 0.2) is 48.5 Å². The highest BCUT2D eigenvalue weighted by Crippen LogP contribution is 2.43. The van der Waals surface area contributed by atoms with E-state index >= 15 is 0 Å². The molecule has 1 heterocycles. The number of carbonyl (C=O) groups excluding carboxylic acids is 1. The Morgan fingerprint density at radius 2 is 1.48 bits per heavy atom. The van der Waals surface area contributed by atoms with E-state index in [1.54, 1.807) is 6.92 Å². The van der Waals surface area contributed by atoms with Gasteiger partial charge in [-0.25, -0.2) is 4.79 Å². The molecule has 2 aromatic carbocycles. The van der Waals surface area contributed by atoms with Gasteiger partial charge in [-0.1, -0.05) is 50.2 Å². The summed E-state index contributed by atoms with van der Waals surface area (Å²) >= 11 is 0. The first-order valence-electron chi connectivity index (χ1n) is 7.73. The number of rotatable bonds is 2. The first-order chi connectivity index (χ1) is 11.0. The molecular weight excluding hydrogens is 292 g/mol. The average Bonchev–Trinajstić information content (AvgIpc) is 2.54. The Hall–Kier alpha value is -2.49. The van der Waals surface area contributed by atoms with Gasteiger partial charge in [-0.15, -0.1) is 0 Å². The molecule has 23 heavy (non-hydrogen) atoms. The highest BCUT2D eigenvalue weighted by Gasteiger charge is 2.36. The molecule has 120 valence electrons. The van der Waals surface area contributed by atoms with E-state index in [1.807, 2.05) is 48.5 Å². The first-order valence-corrected chi connectivity index (χ1v) is 7.73. The molecule has 0 bridgehead atoms. The Morgan fingerprint density at radius 1 is 1.00 bits per heavy atom. The van der Waals surface area contributed by atoms with Crippen LogP contribution in [-0.4, -0.2) is 18.9 Å². The third-order valence-corrected chi connectivity index (χ3v) is 4.07. The Morgan fingerprint density at radius 3 is 1.96 bits per heavy atom. The molecule has 0 unspecified atom stereocenters. The SMILES string of the molecule is CCOC(=O)C1Oc2ccccc2C(C)(C)c2ccccc2O1. The number of para-hydroxylation sites is 2. The summed E-state index contributed by atoms with van der Waals surface area (Å²) in [5.74, 6) is 0.729. The molecule has 0 spiro atoms. The third-order valence-electron chi connectivity index (χ3n) is 4.07. The lowest BCUT2D eigenvalue weighted by Gasteiger charge is -2.34. The number of ether oxygens (including phenoxy) is 3. The smallest absolute Gasteiger partial charge is 0.389 e. The van der Waals surface area contributed by atoms with Crippen LogP contribution >= 0.6 is 0 Å². The lowest BCUT2D eigenvalue weighted by Crippen LogP contribution is -2.38. The quantitative estimate of drug-likeness (QED) is 0.794. The second-order valence-corrected chi connectivity index (χ2v) is 5.94. The summed E-state index contributed by atoms with van der Waals surface area (Å²) < 4.78 is 16.8. The molecule has 1 aliphatic heterocycles. The highest BCUT2D eigenvalue weighted by molar-refractivity contribution is 5.74. The number of fused-ring (bicyclic) bond motifs is 2. The molecule has 0 saturated carbocycles. The number of esters is 1. The topological polar surface area (TPSA) is 44.8 Å². The number of benzene rings is 2.